The van der Waals surface area contributed by atoms with Gasteiger partial charge in [0, 0.05) is 6.54 Å². The first-order valence-electron chi connectivity index (χ1n) is 5.22. The molecule has 0 aromatic rings. The van der Waals surface area contributed by atoms with Crippen LogP contribution in [0.15, 0.2) is 0 Å². The van der Waals surface area contributed by atoms with Crippen molar-refractivity contribution in [2.75, 3.05) is 19.7 Å². The van der Waals surface area contributed by atoms with Gasteiger partial charge in [-0.05, 0) is 26.8 Å². The molecule has 0 rings (SSSR count). The van der Waals surface area contributed by atoms with Gasteiger partial charge < -0.3 is 10.1 Å². The van der Waals surface area contributed by atoms with Crippen LogP contribution in [0, 0.1) is 0 Å². The molecule has 0 bridgehead atoms. The molecule has 0 saturated heterocycles. The molecule has 0 amide bonds. The Balaban J connectivity index is 3.97. The van der Waals surface area contributed by atoms with Gasteiger partial charge in [-0.3, -0.25) is 0 Å². The summed E-state index contributed by atoms with van der Waals surface area (Å²) in [6.45, 7) is 4.95. The topological polar surface area (TPSA) is 21.3 Å². The van der Waals surface area contributed by atoms with Gasteiger partial charge in [0.15, 0.2) is 0 Å². The first kappa shape index (κ1) is 15.6. The Kier molecular flexibility index (Phi) is 6.25. The molecule has 98 valence electrons. The minimum atomic E-state index is -4.08. The van der Waals surface area contributed by atoms with Gasteiger partial charge in [0.05, 0.1) is 5.60 Å². The van der Waals surface area contributed by atoms with E-state index in [0.717, 1.165) is 13.0 Å². The summed E-state index contributed by atoms with van der Waals surface area (Å²) in [5, 5.41) is 2.98. The SMILES string of the molecule is CCCNCC(C)(C)OCC(F)(F)C(F)F. The lowest BCUT2D eigenvalue weighted by Crippen LogP contribution is -2.43. The van der Waals surface area contributed by atoms with Crippen LogP contribution in [0.5, 0.6) is 0 Å². The van der Waals surface area contributed by atoms with Crippen molar-refractivity contribution in [2.24, 2.45) is 0 Å². The summed E-state index contributed by atoms with van der Waals surface area (Å²) >= 11 is 0. The lowest BCUT2D eigenvalue weighted by molar-refractivity contribution is -0.188. The zero-order valence-corrected chi connectivity index (χ0v) is 9.83. The largest absolute Gasteiger partial charge is 0.368 e. The van der Waals surface area contributed by atoms with Gasteiger partial charge in [0.25, 0.3) is 0 Å². The molecule has 0 aromatic carbocycles. The normalized spacial score (nSPS) is 13.5. The molecular weight excluding hydrogens is 226 g/mol. The highest BCUT2D eigenvalue weighted by Crippen LogP contribution is 2.25. The minimum Gasteiger partial charge on any atom is -0.368 e. The Bertz CT molecular complexity index is 197. The molecule has 0 saturated carbocycles. The summed E-state index contributed by atoms with van der Waals surface area (Å²) < 4.78 is 53.6. The lowest BCUT2D eigenvalue weighted by atomic mass is 10.1. The summed E-state index contributed by atoms with van der Waals surface area (Å²) in [5.41, 5.74) is -0.881. The van der Waals surface area contributed by atoms with E-state index in [1.165, 1.54) is 0 Å². The number of alkyl halides is 4. The molecule has 0 radical (unpaired) electrons. The predicted octanol–water partition coefficient (Wildman–Crippen LogP) is 2.68. The highest BCUT2D eigenvalue weighted by molar-refractivity contribution is 4.76. The van der Waals surface area contributed by atoms with Gasteiger partial charge in [0.2, 0.25) is 0 Å². The molecule has 1 N–H and O–H groups in total. The van der Waals surface area contributed by atoms with Crippen molar-refractivity contribution in [2.45, 2.75) is 45.1 Å². The van der Waals surface area contributed by atoms with Crippen LogP contribution in [0.4, 0.5) is 17.6 Å². The third-order valence-corrected chi connectivity index (χ3v) is 1.95. The quantitative estimate of drug-likeness (QED) is 0.524. The maximum atomic E-state index is 12.6. The van der Waals surface area contributed by atoms with E-state index in [-0.39, 0.29) is 0 Å². The second kappa shape index (κ2) is 6.39. The maximum absolute atomic E-state index is 12.6. The second-order valence-corrected chi connectivity index (χ2v) is 4.29. The summed E-state index contributed by atoms with van der Waals surface area (Å²) in [6.07, 6.45) is -2.78. The maximum Gasteiger partial charge on any atom is 0.330 e. The number of rotatable bonds is 8. The molecule has 0 aromatic heterocycles. The van der Waals surface area contributed by atoms with E-state index < -0.39 is 24.6 Å². The van der Waals surface area contributed by atoms with Crippen LogP contribution < -0.4 is 5.32 Å². The summed E-state index contributed by atoms with van der Waals surface area (Å²) in [4.78, 5) is 0. The fourth-order valence-electron chi connectivity index (χ4n) is 0.972. The molecule has 16 heavy (non-hydrogen) atoms. The van der Waals surface area contributed by atoms with Crippen molar-refractivity contribution >= 4 is 0 Å². The van der Waals surface area contributed by atoms with Gasteiger partial charge in [-0.2, -0.15) is 8.78 Å². The lowest BCUT2D eigenvalue weighted by Gasteiger charge is -2.28. The first-order valence-corrected chi connectivity index (χ1v) is 5.22. The van der Waals surface area contributed by atoms with Crippen molar-refractivity contribution in [3.05, 3.63) is 0 Å². The van der Waals surface area contributed by atoms with Gasteiger partial charge in [0.1, 0.15) is 6.61 Å². The van der Waals surface area contributed by atoms with Crippen molar-refractivity contribution < 1.29 is 22.3 Å². The van der Waals surface area contributed by atoms with E-state index in [0.29, 0.717) is 6.54 Å². The van der Waals surface area contributed by atoms with Crippen molar-refractivity contribution in [3.63, 3.8) is 0 Å². The van der Waals surface area contributed by atoms with Crippen LogP contribution in [0.2, 0.25) is 0 Å². The molecule has 6 heteroatoms. The number of halogens is 4. The van der Waals surface area contributed by atoms with Crippen LogP contribution in [0.1, 0.15) is 27.2 Å². The monoisotopic (exact) mass is 245 g/mol. The van der Waals surface area contributed by atoms with Gasteiger partial charge in [-0.25, -0.2) is 8.78 Å². The van der Waals surface area contributed by atoms with Crippen LogP contribution in [0.25, 0.3) is 0 Å². The second-order valence-electron chi connectivity index (χ2n) is 4.29. The van der Waals surface area contributed by atoms with E-state index in [2.05, 4.69) is 5.32 Å². The molecular formula is C10H19F4NO. The molecule has 0 aliphatic carbocycles. The Hall–Kier alpha value is -0.360. The fourth-order valence-corrected chi connectivity index (χ4v) is 0.972. The standard InChI is InChI=1S/C10H19F4NO/c1-4-5-15-6-9(2,3)16-7-10(13,14)8(11)12/h8,15H,4-7H2,1-3H3. The third-order valence-electron chi connectivity index (χ3n) is 1.95. The predicted molar refractivity (Wildman–Crippen MR) is 54.1 cm³/mol. The zero-order chi connectivity index (χ0) is 12.8. The average molecular weight is 245 g/mol. The molecule has 2 nitrogen and oxygen atoms in total. The first-order chi connectivity index (χ1) is 7.21. The Morgan fingerprint density at radius 2 is 1.81 bits per heavy atom. The molecule has 0 aliphatic heterocycles. The summed E-state index contributed by atoms with van der Waals surface area (Å²) in [5.74, 6) is -4.08. The molecule has 0 unspecified atom stereocenters. The van der Waals surface area contributed by atoms with Crippen molar-refractivity contribution in [1.82, 2.24) is 5.32 Å². The number of hydrogen-bond acceptors (Lipinski definition) is 2. The van der Waals surface area contributed by atoms with Crippen LogP contribution in [0.3, 0.4) is 0 Å². The van der Waals surface area contributed by atoms with E-state index in [1.54, 1.807) is 13.8 Å². The van der Waals surface area contributed by atoms with Crippen LogP contribution in [-0.4, -0.2) is 37.6 Å². The highest BCUT2D eigenvalue weighted by Gasteiger charge is 2.42. The summed E-state index contributed by atoms with van der Waals surface area (Å²) in [7, 11) is 0. The van der Waals surface area contributed by atoms with Gasteiger partial charge >= 0.3 is 12.3 Å². The smallest absolute Gasteiger partial charge is 0.330 e. The minimum absolute atomic E-state index is 0.347. The van der Waals surface area contributed by atoms with Gasteiger partial charge in [-0.1, -0.05) is 6.92 Å². The van der Waals surface area contributed by atoms with E-state index >= 15 is 0 Å². The summed E-state index contributed by atoms with van der Waals surface area (Å²) in [6, 6.07) is 0. The zero-order valence-electron chi connectivity index (χ0n) is 9.83. The van der Waals surface area contributed by atoms with Gasteiger partial charge in [-0.15, -0.1) is 0 Å². The third kappa shape index (κ3) is 6.27. The number of nitrogens with one attached hydrogen (secondary N) is 1. The van der Waals surface area contributed by atoms with Crippen molar-refractivity contribution in [3.8, 4) is 0 Å². The van der Waals surface area contributed by atoms with E-state index in [1.807, 2.05) is 6.92 Å². The Morgan fingerprint density at radius 1 is 1.25 bits per heavy atom. The van der Waals surface area contributed by atoms with Crippen LogP contribution >= 0.6 is 0 Å². The molecule has 0 atom stereocenters. The highest BCUT2D eigenvalue weighted by atomic mass is 19.3. The van der Waals surface area contributed by atoms with Crippen LogP contribution in [-0.2, 0) is 4.74 Å². The molecule has 0 spiro atoms. The van der Waals surface area contributed by atoms with Crippen molar-refractivity contribution in [1.29, 1.82) is 0 Å². The average Bonchev–Trinajstić information content (AvgIpc) is 2.15. The van der Waals surface area contributed by atoms with E-state index in [4.69, 9.17) is 4.74 Å². The number of hydrogen-bond donors (Lipinski definition) is 1. The Morgan fingerprint density at radius 3 is 2.25 bits per heavy atom. The molecule has 0 fully saturated rings. The Labute approximate surface area is 93.3 Å². The molecule has 0 aliphatic rings. The molecule has 0 heterocycles. The number of ether oxygens (including phenoxy) is 1. The fraction of sp³-hybridized carbons (Fsp3) is 1.00. The van der Waals surface area contributed by atoms with E-state index in [9.17, 15) is 17.6 Å².